The van der Waals surface area contributed by atoms with Crippen molar-refractivity contribution in [3.05, 3.63) is 24.3 Å². The van der Waals surface area contributed by atoms with Crippen LogP contribution in [0.15, 0.2) is 18.5 Å². The predicted octanol–water partition coefficient (Wildman–Crippen LogP) is 1.78. The molecule has 4 nitrogen and oxygen atoms in total. The van der Waals surface area contributed by atoms with Crippen LogP contribution >= 0.6 is 0 Å². The average molecular weight is 205 g/mol. The highest BCUT2D eigenvalue weighted by atomic mass is 16.5. The third-order valence-electron chi connectivity index (χ3n) is 2.33. The van der Waals surface area contributed by atoms with E-state index in [2.05, 4.69) is 21.9 Å². The number of nitrogens with zero attached hydrogens (tertiary/aromatic N) is 2. The van der Waals surface area contributed by atoms with Gasteiger partial charge in [0.15, 0.2) is 0 Å². The molecule has 80 valence electrons. The molecular formula is C11H15N3O. The minimum Gasteiger partial charge on any atom is -0.384 e. The normalized spacial score (nSPS) is 13.2. The second-order valence-corrected chi connectivity index (χ2v) is 3.84. The molecule has 0 aliphatic heterocycles. The highest BCUT2D eigenvalue weighted by molar-refractivity contribution is 5.73. The van der Waals surface area contributed by atoms with Crippen molar-refractivity contribution in [3.63, 3.8) is 0 Å². The Balaban J connectivity index is 2.15. The van der Waals surface area contributed by atoms with Crippen molar-refractivity contribution in [2.45, 2.75) is 13.3 Å². The lowest BCUT2D eigenvalue weighted by Gasteiger charge is -2.06. The van der Waals surface area contributed by atoms with Gasteiger partial charge in [0.2, 0.25) is 0 Å². The molecule has 0 radical (unpaired) electrons. The first kappa shape index (κ1) is 10.1. The van der Waals surface area contributed by atoms with Crippen molar-refractivity contribution in [1.82, 2.24) is 15.0 Å². The van der Waals surface area contributed by atoms with E-state index >= 15 is 0 Å². The van der Waals surface area contributed by atoms with Crippen LogP contribution in [0.4, 0.5) is 0 Å². The third kappa shape index (κ3) is 2.33. The smallest absolute Gasteiger partial charge is 0.107 e. The number of fused-ring (bicyclic) bond motifs is 1. The molecule has 0 saturated carbocycles. The van der Waals surface area contributed by atoms with Gasteiger partial charge in [-0.1, -0.05) is 6.92 Å². The van der Waals surface area contributed by atoms with Crippen LogP contribution in [-0.2, 0) is 11.2 Å². The summed E-state index contributed by atoms with van der Waals surface area (Å²) in [5.41, 5.74) is 1.97. The summed E-state index contributed by atoms with van der Waals surface area (Å²) in [6.07, 6.45) is 4.46. The maximum Gasteiger partial charge on any atom is 0.107 e. The minimum absolute atomic E-state index is 0.475. The highest BCUT2D eigenvalue weighted by Crippen LogP contribution is 2.12. The molecule has 4 heteroatoms. The lowest BCUT2D eigenvalue weighted by Crippen LogP contribution is -2.07. The number of aromatic nitrogens is 3. The van der Waals surface area contributed by atoms with Gasteiger partial charge in [-0.3, -0.25) is 4.98 Å². The number of hydrogen-bond donors (Lipinski definition) is 1. The van der Waals surface area contributed by atoms with E-state index < -0.39 is 0 Å². The molecule has 0 amide bonds. The van der Waals surface area contributed by atoms with E-state index in [0.29, 0.717) is 5.92 Å². The van der Waals surface area contributed by atoms with Crippen molar-refractivity contribution in [3.8, 4) is 0 Å². The molecule has 15 heavy (non-hydrogen) atoms. The monoisotopic (exact) mass is 205 g/mol. The first-order valence-corrected chi connectivity index (χ1v) is 5.07. The molecule has 0 bridgehead atoms. The van der Waals surface area contributed by atoms with E-state index in [0.717, 1.165) is 29.9 Å². The fourth-order valence-corrected chi connectivity index (χ4v) is 1.68. The van der Waals surface area contributed by atoms with Crippen LogP contribution in [0.25, 0.3) is 11.0 Å². The molecule has 2 heterocycles. The zero-order valence-electron chi connectivity index (χ0n) is 9.03. The molecule has 2 aromatic rings. The van der Waals surface area contributed by atoms with E-state index in [1.807, 2.05) is 6.07 Å². The predicted molar refractivity (Wildman–Crippen MR) is 58.6 cm³/mol. The molecule has 0 aliphatic rings. The maximum absolute atomic E-state index is 5.10. The van der Waals surface area contributed by atoms with Gasteiger partial charge in [-0.2, -0.15) is 0 Å². The van der Waals surface area contributed by atoms with Gasteiger partial charge in [-0.25, -0.2) is 4.98 Å². The van der Waals surface area contributed by atoms with Crippen LogP contribution in [0, 0.1) is 5.92 Å². The number of nitrogens with one attached hydrogen (secondary N) is 1. The standard InChI is InChI=1S/C11H15N3O/c1-8(7-15-2)5-11-13-9-3-4-12-6-10(9)14-11/h3-4,6,8H,5,7H2,1-2H3,(H,13,14). The summed E-state index contributed by atoms with van der Waals surface area (Å²) < 4.78 is 5.10. The van der Waals surface area contributed by atoms with Crippen LogP contribution in [0.5, 0.6) is 0 Å². The van der Waals surface area contributed by atoms with Gasteiger partial charge in [0, 0.05) is 26.3 Å². The summed E-state index contributed by atoms with van der Waals surface area (Å²) in [6, 6.07) is 1.91. The van der Waals surface area contributed by atoms with E-state index in [1.165, 1.54) is 0 Å². The first-order chi connectivity index (χ1) is 7.29. The number of aromatic amines is 1. The lowest BCUT2D eigenvalue weighted by molar-refractivity contribution is 0.159. The number of rotatable bonds is 4. The first-order valence-electron chi connectivity index (χ1n) is 5.07. The molecule has 0 aromatic carbocycles. The Hall–Kier alpha value is -1.42. The van der Waals surface area contributed by atoms with Gasteiger partial charge < -0.3 is 9.72 Å². The summed E-state index contributed by atoms with van der Waals surface area (Å²) in [7, 11) is 1.72. The number of ether oxygens (including phenoxy) is 1. The lowest BCUT2D eigenvalue weighted by atomic mass is 10.1. The van der Waals surface area contributed by atoms with Crippen LogP contribution in [0.3, 0.4) is 0 Å². The van der Waals surface area contributed by atoms with Crippen LogP contribution in [0.2, 0.25) is 0 Å². The molecule has 1 unspecified atom stereocenters. The topological polar surface area (TPSA) is 50.8 Å². The Morgan fingerprint density at radius 3 is 3.13 bits per heavy atom. The molecule has 0 aliphatic carbocycles. The molecular weight excluding hydrogens is 190 g/mol. The Morgan fingerprint density at radius 1 is 1.53 bits per heavy atom. The SMILES string of the molecule is COCC(C)Cc1nc2ccncc2[nH]1. The van der Waals surface area contributed by atoms with E-state index in [1.54, 1.807) is 19.5 Å². The van der Waals surface area contributed by atoms with Crippen molar-refractivity contribution >= 4 is 11.0 Å². The van der Waals surface area contributed by atoms with Crippen molar-refractivity contribution in [1.29, 1.82) is 0 Å². The highest BCUT2D eigenvalue weighted by Gasteiger charge is 2.07. The Kier molecular flexibility index (Phi) is 2.97. The molecule has 0 fully saturated rings. The fourth-order valence-electron chi connectivity index (χ4n) is 1.68. The van der Waals surface area contributed by atoms with Crippen molar-refractivity contribution < 1.29 is 4.74 Å². The number of H-pyrrole nitrogens is 1. The van der Waals surface area contributed by atoms with E-state index in [9.17, 15) is 0 Å². The number of methoxy groups -OCH3 is 1. The Bertz CT molecular complexity index is 405. The van der Waals surface area contributed by atoms with Crippen LogP contribution in [0.1, 0.15) is 12.7 Å². The summed E-state index contributed by atoms with van der Waals surface area (Å²) in [5, 5.41) is 0. The summed E-state index contributed by atoms with van der Waals surface area (Å²) in [4.78, 5) is 11.8. The quantitative estimate of drug-likeness (QED) is 0.827. The number of pyridine rings is 1. The van der Waals surface area contributed by atoms with Gasteiger partial charge in [0.25, 0.3) is 0 Å². The van der Waals surface area contributed by atoms with Crippen molar-refractivity contribution in [2.24, 2.45) is 5.92 Å². The Labute approximate surface area is 88.7 Å². The molecule has 2 aromatic heterocycles. The second-order valence-electron chi connectivity index (χ2n) is 3.84. The van der Waals surface area contributed by atoms with Crippen LogP contribution in [-0.4, -0.2) is 28.7 Å². The molecule has 2 rings (SSSR count). The van der Waals surface area contributed by atoms with Gasteiger partial charge >= 0.3 is 0 Å². The number of hydrogen-bond acceptors (Lipinski definition) is 3. The molecule has 1 N–H and O–H groups in total. The average Bonchev–Trinajstić information content (AvgIpc) is 2.59. The summed E-state index contributed by atoms with van der Waals surface area (Å²) in [5.74, 6) is 1.48. The molecule has 0 spiro atoms. The molecule has 1 atom stereocenters. The van der Waals surface area contributed by atoms with Gasteiger partial charge in [-0.15, -0.1) is 0 Å². The van der Waals surface area contributed by atoms with E-state index in [-0.39, 0.29) is 0 Å². The zero-order chi connectivity index (χ0) is 10.7. The van der Waals surface area contributed by atoms with Gasteiger partial charge in [0.1, 0.15) is 5.82 Å². The van der Waals surface area contributed by atoms with Gasteiger partial charge in [-0.05, 0) is 12.0 Å². The second kappa shape index (κ2) is 4.40. The largest absolute Gasteiger partial charge is 0.384 e. The number of imidazole rings is 1. The third-order valence-corrected chi connectivity index (χ3v) is 2.33. The Morgan fingerprint density at radius 2 is 2.40 bits per heavy atom. The fraction of sp³-hybridized carbons (Fsp3) is 0.455. The minimum atomic E-state index is 0.475. The molecule has 0 saturated heterocycles. The van der Waals surface area contributed by atoms with Crippen molar-refractivity contribution in [2.75, 3.05) is 13.7 Å². The summed E-state index contributed by atoms with van der Waals surface area (Å²) >= 11 is 0. The van der Waals surface area contributed by atoms with E-state index in [4.69, 9.17) is 4.74 Å². The summed E-state index contributed by atoms with van der Waals surface area (Å²) in [6.45, 7) is 2.91. The maximum atomic E-state index is 5.10. The van der Waals surface area contributed by atoms with Crippen LogP contribution < -0.4 is 0 Å². The van der Waals surface area contributed by atoms with Gasteiger partial charge in [0.05, 0.1) is 17.2 Å². The zero-order valence-corrected chi connectivity index (χ0v) is 9.03.